The van der Waals surface area contributed by atoms with Crippen molar-refractivity contribution < 1.29 is 24.7 Å². The van der Waals surface area contributed by atoms with Gasteiger partial charge in [-0.15, -0.1) is 47.3 Å². The van der Waals surface area contributed by atoms with E-state index in [-0.39, 0.29) is 20.1 Å². The molecule has 0 saturated carbocycles. The number of benzene rings is 4. The van der Waals surface area contributed by atoms with Crippen LogP contribution in [-0.2, 0) is 26.7 Å². The van der Waals surface area contributed by atoms with Gasteiger partial charge in [0, 0.05) is 34.9 Å². The van der Waals surface area contributed by atoms with Crippen LogP contribution in [0.3, 0.4) is 0 Å². The SMILES string of the molecule is CCCC[n+]1[c-]n(-c2[c-]cc3c4cccc5c6ccccc6n(c3c2)c54)cc1.[Ir+3].[c-]1ccccc1-c1ccccn1. The summed E-state index contributed by atoms with van der Waals surface area (Å²) in [5, 5.41) is 5.17. The number of pyridine rings is 1. The number of hydrogen-bond acceptors (Lipinski definition) is 1. The number of imidazole rings is 1. The monoisotopic (exact) mass is 709 g/mol. The molecule has 0 unspecified atom stereocenters. The topological polar surface area (TPSA) is 26.1 Å². The van der Waals surface area contributed by atoms with E-state index < -0.39 is 0 Å². The quantitative estimate of drug-likeness (QED) is 0.132. The second-order valence-corrected chi connectivity index (χ2v) is 9.98. The first-order valence-electron chi connectivity index (χ1n) is 13.8. The Morgan fingerprint density at radius 1 is 0.805 bits per heavy atom. The molecular formula is C36H28IrN4+. The number of nitrogens with zero attached hydrogens (tertiary/aromatic N) is 4. The van der Waals surface area contributed by atoms with Gasteiger partial charge in [-0.05, 0) is 29.6 Å². The van der Waals surface area contributed by atoms with Gasteiger partial charge in [-0.2, -0.15) is 12.1 Å². The van der Waals surface area contributed by atoms with Crippen molar-refractivity contribution in [3.63, 3.8) is 0 Å². The van der Waals surface area contributed by atoms with Gasteiger partial charge in [0.1, 0.15) is 0 Å². The molecule has 4 aromatic carbocycles. The molecule has 4 aromatic heterocycles. The average Bonchev–Trinajstić information content (AvgIpc) is 3.73. The number of para-hydroxylation sites is 2. The van der Waals surface area contributed by atoms with Crippen LogP contribution in [-0.4, -0.2) is 14.0 Å². The summed E-state index contributed by atoms with van der Waals surface area (Å²) in [5.74, 6) is 0. The van der Waals surface area contributed by atoms with Crippen LogP contribution < -0.4 is 4.57 Å². The normalized spacial score (nSPS) is 11.1. The summed E-state index contributed by atoms with van der Waals surface area (Å²) in [4.78, 5) is 4.22. The third kappa shape index (κ3) is 4.93. The van der Waals surface area contributed by atoms with Crippen molar-refractivity contribution in [2.45, 2.75) is 26.3 Å². The molecule has 0 N–H and O–H groups in total. The summed E-state index contributed by atoms with van der Waals surface area (Å²) in [6, 6.07) is 39.9. The minimum absolute atomic E-state index is 0. The Morgan fingerprint density at radius 2 is 1.61 bits per heavy atom. The van der Waals surface area contributed by atoms with Crippen molar-refractivity contribution in [1.29, 1.82) is 0 Å². The van der Waals surface area contributed by atoms with E-state index in [1.165, 1.54) is 50.9 Å². The fourth-order valence-electron chi connectivity index (χ4n) is 5.51. The van der Waals surface area contributed by atoms with Crippen LogP contribution in [0.1, 0.15) is 19.8 Å². The summed E-state index contributed by atoms with van der Waals surface area (Å²) in [7, 11) is 0. The first-order chi connectivity index (χ1) is 19.8. The Balaban J connectivity index is 0.000000196. The minimum atomic E-state index is 0. The maximum Gasteiger partial charge on any atom is 3.00 e. The molecule has 0 aliphatic carbocycles. The number of rotatable bonds is 5. The summed E-state index contributed by atoms with van der Waals surface area (Å²) >= 11 is 0. The first-order valence-corrected chi connectivity index (χ1v) is 13.8. The van der Waals surface area contributed by atoms with Crippen molar-refractivity contribution >= 4 is 38.1 Å². The summed E-state index contributed by atoms with van der Waals surface area (Å²) in [6.07, 6.45) is 11.7. The molecular weight excluding hydrogens is 681 g/mol. The van der Waals surface area contributed by atoms with E-state index in [2.05, 4.69) is 106 Å². The molecule has 200 valence electrons. The molecule has 8 rings (SSSR count). The van der Waals surface area contributed by atoms with Gasteiger partial charge in [-0.1, -0.05) is 73.1 Å². The number of unbranched alkanes of at least 4 members (excludes halogenated alkanes) is 1. The van der Waals surface area contributed by atoms with Gasteiger partial charge in [0.2, 0.25) is 6.33 Å². The molecule has 0 fully saturated rings. The summed E-state index contributed by atoms with van der Waals surface area (Å²) in [6.45, 7) is 3.22. The van der Waals surface area contributed by atoms with E-state index in [9.17, 15) is 0 Å². The fraction of sp³-hybridized carbons (Fsp3) is 0.111. The van der Waals surface area contributed by atoms with Crippen molar-refractivity contribution in [2.24, 2.45) is 0 Å². The van der Waals surface area contributed by atoms with E-state index in [1.807, 2.05) is 47.0 Å². The smallest absolute Gasteiger partial charge is 0.348 e. The van der Waals surface area contributed by atoms with Gasteiger partial charge in [-0.25, -0.2) is 0 Å². The van der Waals surface area contributed by atoms with Gasteiger partial charge >= 0.3 is 20.1 Å². The Hall–Kier alpha value is -4.31. The molecule has 4 nitrogen and oxygen atoms in total. The number of aromatic nitrogens is 4. The molecule has 0 spiro atoms. The van der Waals surface area contributed by atoms with Crippen LogP contribution in [0, 0.1) is 18.5 Å². The molecule has 0 atom stereocenters. The van der Waals surface area contributed by atoms with E-state index in [0.717, 1.165) is 23.5 Å². The molecule has 41 heavy (non-hydrogen) atoms. The van der Waals surface area contributed by atoms with Crippen LogP contribution in [0.15, 0.2) is 116 Å². The molecule has 0 saturated heterocycles. The van der Waals surface area contributed by atoms with Crippen LogP contribution in [0.5, 0.6) is 0 Å². The third-order valence-electron chi connectivity index (χ3n) is 7.43. The minimum Gasteiger partial charge on any atom is -0.348 e. The summed E-state index contributed by atoms with van der Waals surface area (Å²) in [5.41, 5.74) is 6.82. The third-order valence-corrected chi connectivity index (χ3v) is 7.43. The predicted molar refractivity (Wildman–Crippen MR) is 162 cm³/mol. The Kier molecular flexibility index (Phi) is 7.65. The zero-order valence-corrected chi connectivity index (χ0v) is 25.1. The number of aryl methyl sites for hydroxylation is 1. The van der Waals surface area contributed by atoms with Gasteiger partial charge in [-0.3, -0.25) is 0 Å². The zero-order valence-electron chi connectivity index (χ0n) is 22.7. The molecule has 0 aliphatic rings. The van der Waals surface area contributed by atoms with E-state index in [1.54, 1.807) is 6.20 Å². The molecule has 0 aliphatic heterocycles. The number of fused-ring (bicyclic) bond motifs is 6. The van der Waals surface area contributed by atoms with Crippen LogP contribution in [0.4, 0.5) is 0 Å². The van der Waals surface area contributed by atoms with Gasteiger partial charge in [0.25, 0.3) is 0 Å². The predicted octanol–water partition coefficient (Wildman–Crippen LogP) is 7.86. The average molecular weight is 709 g/mol. The second-order valence-electron chi connectivity index (χ2n) is 9.98. The Labute approximate surface area is 253 Å². The molecule has 0 amide bonds. The maximum absolute atomic E-state index is 4.22. The zero-order chi connectivity index (χ0) is 26.9. The van der Waals surface area contributed by atoms with Gasteiger partial charge in [0.05, 0.1) is 12.1 Å². The number of hydrogen-bond donors (Lipinski definition) is 0. The molecule has 5 heteroatoms. The molecule has 0 radical (unpaired) electrons. The van der Waals surface area contributed by atoms with Crippen LogP contribution in [0.2, 0.25) is 0 Å². The summed E-state index contributed by atoms with van der Waals surface area (Å²) < 4.78 is 6.58. The van der Waals surface area contributed by atoms with Crippen molar-refractivity contribution in [1.82, 2.24) is 14.0 Å². The molecule has 4 heterocycles. The van der Waals surface area contributed by atoms with Crippen LogP contribution >= 0.6 is 0 Å². The fourth-order valence-corrected chi connectivity index (χ4v) is 5.51. The van der Waals surface area contributed by atoms with Crippen molar-refractivity contribution in [2.75, 3.05) is 0 Å². The Morgan fingerprint density at radius 3 is 2.41 bits per heavy atom. The molecule has 8 aromatic rings. The standard InChI is InChI=1S/C25H20N3.C11H8N.Ir/c1-2-3-13-26-14-15-27(17-26)18-11-12-20-22-9-6-8-21-19-7-4-5-10-23(19)28(25(21)22)24(20)16-18;1-2-6-10(7-3-1)11-8-4-5-9-12-11;/h4-10,12,14-16H,2-3,13H2,1H3;1-6,8-9H;/q2*-1;+3. The van der Waals surface area contributed by atoms with Crippen LogP contribution in [0.25, 0.3) is 55.0 Å². The van der Waals surface area contributed by atoms with Gasteiger partial charge < -0.3 is 18.5 Å². The second kappa shape index (κ2) is 11.7. The van der Waals surface area contributed by atoms with E-state index >= 15 is 0 Å². The molecule has 0 bridgehead atoms. The van der Waals surface area contributed by atoms with E-state index in [4.69, 9.17) is 0 Å². The van der Waals surface area contributed by atoms with Crippen molar-refractivity contribution in [3.8, 4) is 16.9 Å². The van der Waals surface area contributed by atoms with E-state index in [0.29, 0.717) is 0 Å². The van der Waals surface area contributed by atoms with Crippen molar-refractivity contribution in [3.05, 3.63) is 134 Å². The van der Waals surface area contributed by atoms with Gasteiger partial charge in [0.15, 0.2) is 0 Å². The largest absolute Gasteiger partial charge is 3.00 e. The maximum atomic E-state index is 4.22. The first kappa shape index (κ1) is 26.9. The Bertz CT molecular complexity index is 2000.